The number of hydrogen-bond acceptors (Lipinski definition) is 5. The molecule has 0 spiro atoms. The van der Waals surface area contributed by atoms with Gasteiger partial charge in [-0.25, -0.2) is 0 Å². The highest BCUT2D eigenvalue weighted by Gasteiger charge is 2.55. The van der Waals surface area contributed by atoms with Gasteiger partial charge in [0, 0.05) is 52.8 Å². The fourth-order valence-corrected chi connectivity index (χ4v) is 5.53. The zero-order valence-corrected chi connectivity index (χ0v) is 24.2. The fourth-order valence-electron chi connectivity index (χ4n) is 5.28. The Morgan fingerprint density at radius 3 is 2.17 bits per heavy atom. The molecule has 210 valence electrons. The van der Waals surface area contributed by atoms with E-state index >= 15 is 0 Å². The van der Waals surface area contributed by atoms with E-state index in [4.69, 9.17) is 27.9 Å². The Morgan fingerprint density at radius 2 is 1.62 bits per heavy atom. The molecule has 1 saturated carbocycles. The molecule has 2 atom stereocenters. The number of aliphatic hydroxyl groups excluding tert-OH is 1. The average Bonchev–Trinajstić information content (AvgIpc) is 3.69. The first kappa shape index (κ1) is 28.6. The van der Waals surface area contributed by atoms with Gasteiger partial charge < -0.3 is 19.8 Å². The Bertz CT molecular complexity index is 1440. The second-order valence-electron chi connectivity index (χ2n) is 11.1. The first-order valence-electron chi connectivity index (χ1n) is 13.1. The summed E-state index contributed by atoms with van der Waals surface area (Å²) >= 11 is 12.4. The van der Waals surface area contributed by atoms with Gasteiger partial charge in [0.15, 0.2) is 11.3 Å². The second-order valence-corrected chi connectivity index (χ2v) is 12.0. The van der Waals surface area contributed by atoms with E-state index in [1.165, 1.54) is 11.8 Å². The number of amides is 2. The SMILES string of the molecule is CN(C)C(=O)C(C)(O)c1ccc2c(c1)C(=O)N(Cc1ccc(Cl)cc1)[C@@]2(OCC1(CO)CC1)c1ccc(Cl)cc1. The minimum atomic E-state index is -1.85. The van der Waals surface area contributed by atoms with Crippen LogP contribution in [0.3, 0.4) is 0 Å². The normalized spacial score (nSPS) is 20.7. The van der Waals surface area contributed by atoms with Crippen LogP contribution in [0.25, 0.3) is 0 Å². The third-order valence-electron chi connectivity index (χ3n) is 7.99. The smallest absolute Gasteiger partial charge is 0.258 e. The highest BCUT2D eigenvalue weighted by molar-refractivity contribution is 6.30. The molecule has 1 aliphatic carbocycles. The van der Waals surface area contributed by atoms with Crippen molar-refractivity contribution in [2.24, 2.45) is 5.41 Å². The van der Waals surface area contributed by atoms with E-state index in [0.29, 0.717) is 32.3 Å². The molecule has 1 fully saturated rings. The molecular formula is C31H32Cl2N2O5. The Hall–Kier alpha value is -2.94. The number of likely N-dealkylation sites (N-methyl/N-ethyl adjacent to an activating group) is 1. The summed E-state index contributed by atoms with van der Waals surface area (Å²) in [6.07, 6.45) is 1.65. The molecule has 2 N–H and O–H groups in total. The minimum absolute atomic E-state index is 0.0177. The number of carbonyl (C=O) groups is 2. The number of benzene rings is 3. The van der Waals surface area contributed by atoms with Gasteiger partial charge in [0.05, 0.1) is 13.2 Å². The third kappa shape index (κ3) is 4.91. The van der Waals surface area contributed by atoms with E-state index in [0.717, 1.165) is 18.4 Å². The summed E-state index contributed by atoms with van der Waals surface area (Å²) in [5.41, 5.74) is -0.828. The molecular weight excluding hydrogens is 551 g/mol. The summed E-state index contributed by atoms with van der Waals surface area (Å²) in [4.78, 5) is 30.1. The molecule has 0 radical (unpaired) electrons. The monoisotopic (exact) mass is 582 g/mol. The zero-order chi connectivity index (χ0) is 28.9. The number of fused-ring (bicyclic) bond motifs is 1. The molecule has 2 aliphatic rings. The molecule has 5 rings (SSSR count). The average molecular weight is 584 g/mol. The van der Waals surface area contributed by atoms with Crippen molar-refractivity contribution in [3.63, 3.8) is 0 Å². The van der Waals surface area contributed by atoms with Crippen LogP contribution in [0.1, 0.15) is 52.4 Å². The molecule has 3 aromatic rings. The van der Waals surface area contributed by atoms with Crippen LogP contribution in [0.15, 0.2) is 66.7 Å². The molecule has 0 bridgehead atoms. The number of ether oxygens (including phenoxy) is 1. The van der Waals surface area contributed by atoms with Gasteiger partial charge in [-0.1, -0.05) is 59.6 Å². The fraction of sp³-hybridized carbons (Fsp3) is 0.355. The lowest BCUT2D eigenvalue weighted by Crippen LogP contribution is -2.47. The number of carbonyl (C=O) groups excluding carboxylic acids is 2. The zero-order valence-electron chi connectivity index (χ0n) is 22.7. The number of rotatable bonds is 9. The van der Waals surface area contributed by atoms with Gasteiger partial charge >= 0.3 is 0 Å². The van der Waals surface area contributed by atoms with Crippen molar-refractivity contribution >= 4 is 35.0 Å². The molecule has 0 saturated heterocycles. The van der Waals surface area contributed by atoms with Gasteiger partial charge in [0.1, 0.15) is 0 Å². The van der Waals surface area contributed by atoms with E-state index in [1.807, 2.05) is 24.3 Å². The second kappa shape index (κ2) is 10.5. The molecule has 7 nitrogen and oxygen atoms in total. The molecule has 0 aromatic heterocycles. The van der Waals surface area contributed by atoms with Gasteiger partial charge in [-0.2, -0.15) is 0 Å². The van der Waals surface area contributed by atoms with Crippen molar-refractivity contribution in [1.82, 2.24) is 9.80 Å². The van der Waals surface area contributed by atoms with Gasteiger partial charge in [0.25, 0.3) is 11.8 Å². The number of aliphatic hydroxyl groups is 2. The Labute approximate surface area is 243 Å². The Kier molecular flexibility index (Phi) is 7.48. The Morgan fingerprint density at radius 1 is 1.02 bits per heavy atom. The maximum Gasteiger partial charge on any atom is 0.258 e. The van der Waals surface area contributed by atoms with Crippen molar-refractivity contribution in [2.45, 2.75) is 37.6 Å². The van der Waals surface area contributed by atoms with Crippen molar-refractivity contribution in [2.75, 3.05) is 27.3 Å². The van der Waals surface area contributed by atoms with Crippen molar-refractivity contribution in [1.29, 1.82) is 0 Å². The molecule has 3 aromatic carbocycles. The lowest BCUT2D eigenvalue weighted by Gasteiger charge is -2.40. The maximum absolute atomic E-state index is 14.3. The summed E-state index contributed by atoms with van der Waals surface area (Å²) in [5.74, 6) is -0.821. The Balaban J connectivity index is 1.70. The standard InChI is InChI=1S/C31H32Cl2N2O5/c1-29(39,28(38)34(2)3)22-8-13-26-25(16-22)27(37)35(17-20-4-9-23(32)10-5-20)31(26,21-6-11-24(33)12-7-21)40-19-30(18-36)14-15-30/h4-13,16,36,39H,14-15,17-19H2,1-3H3/t29?,31-/m1/s1. The van der Waals surface area contributed by atoms with Crippen molar-refractivity contribution < 1.29 is 24.5 Å². The van der Waals surface area contributed by atoms with Crippen LogP contribution in [0, 0.1) is 5.41 Å². The van der Waals surface area contributed by atoms with Gasteiger partial charge in [-0.3, -0.25) is 14.5 Å². The number of hydrogen-bond donors (Lipinski definition) is 2. The molecule has 2 amide bonds. The summed E-state index contributed by atoms with van der Waals surface area (Å²) in [6, 6.07) is 19.4. The molecule has 1 aliphatic heterocycles. The van der Waals surface area contributed by atoms with E-state index in [2.05, 4.69) is 0 Å². The number of nitrogens with zero attached hydrogens (tertiary/aromatic N) is 2. The highest BCUT2D eigenvalue weighted by Crippen LogP contribution is 2.51. The summed E-state index contributed by atoms with van der Waals surface area (Å²) in [7, 11) is 3.13. The molecule has 1 heterocycles. The van der Waals surface area contributed by atoms with Crippen molar-refractivity contribution in [3.8, 4) is 0 Å². The summed E-state index contributed by atoms with van der Waals surface area (Å²) < 4.78 is 6.79. The summed E-state index contributed by atoms with van der Waals surface area (Å²) in [6.45, 7) is 1.83. The lowest BCUT2D eigenvalue weighted by molar-refractivity contribution is -0.147. The predicted molar refractivity (Wildman–Crippen MR) is 153 cm³/mol. The quantitative estimate of drug-likeness (QED) is 0.373. The molecule has 1 unspecified atom stereocenters. The van der Waals surface area contributed by atoms with Crippen LogP contribution < -0.4 is 0 Å². The van der Waals surface area contributed by atoms with Gasteiger partial charge in [0.2, 0.25) is 0 Å². The van der Waals surface area contributed by atoms with E-state index < -0.39 is 17.2 Å². The van der Waals surface area contributed by atoms with Crippen LogP contribution in [0.5, 0.6) is 0 Å². The third-order valence-corrected chi connectivity index (χ3v) is 8.50. The topological polar surface area (TPSA) is 90.3 Å². The predicted octanol–water partition coefficient (Wildman–Crippen LogP) is 4.94. The number of halogens is 2. The van der Waals surface area contributed by atoms with Crippen LogP contribution in [0.2, 0.25) is 10.0 Å². The highest BCUT2D eigenvalue weighted by atomic mass is 35.5. The van der Waals surface area contributed by atoms with E-state index in [1.54, 1.807) is 61.5 Å². The van der Waals surface area contributed by atoms with Crippen LogP contribution in [-0.4, -0.2) is 59.1 Å². The molecule has 9 heteroatoms. The van der Waals surface area contributed by atoms with E-state index in [9.17, 15) is 19.8 Å². The van der Waals surface area contributed by atoms with Crippen LogP contribution >= 0.6 is 23.2 Å². The van der Waals surface area contributed by atoms with Crippen LogP contribution in [-0.2, 0) is 27.4 Å². The first-order valence-corrected chi connectivity index (χ1v) is 13.9. The first-order chi connectivity index (χ1) is 18.9. The lowest BCUT2D eigenvalue weighted by atomic mass is 9.88. The maximum atomic E-state index is 14.3. The van der Waals surface area contributed by atoms with Gasteiger partial charge in [-0.05, 0) is 61.2 Å². The molecule has 40 heavy (non-hydrogen) atoms. The summed E-state index contributed by atoms with van der Waals surface area (Å²) in [5, 5.41) is 22.4. The largest absolute Gasteiger partial charge is 0.396 e. The van der Waals surface area contributed by atoms with Crippen molar-refractivity contribution in [3.05, 3.63) is 105 Å². The van der Waals surface area contributed by atoms with E-state index in [-0.39, 0.29) is 31.1 Å². The minimum Gasteiger partial charge on any atom is -0.396 e. The van der Waals surface area contributed by atoms with Crippen LogP contribution in [0.4, 0.5) is 0 Å². The van der Waals surface area contributed by atoms with Gasteiger partial charge in [-0.15, -0.1) is 0 Å².